The summed E-state index contributed by atoms with van der Waals surface area (Å²) in [7, 11) is 0. The number of rotatable bonds is 4. The molecular weight excluding hydrogens is 345 g/mol. The maximum atomic E-state index is 13.2. The summed E-state index contributed by atoms with van der Waals surface area (Å²) in [6, 6.07) is 13.4. The summed E-state index contributed by atoms with van der Waals surface area (Å²) in [6.07, 6.45) is 1.45. The molecule has 2 N–H and O–H groups in total. The molecule has 0 aliphatic carbocycles. The number of benzene rings is 2. The van der Waals surface area contributed by atoms with Gasteiger partial charge in [-0.15, -0.1) is 0 Å². The lowest BCUT2D eigenvalue weighted by Gasteiger charge is -2.32. The molecule has 0 bridgehead atoms. The van der Waals surface area contributed by atoms with Crippen molar-refractivity contribution in [3.8, 4) is 11.1 Å². The molecule has 0 saturated carbocycles. The monoisotopic (exact) mass is 369 g/mol. The Morgan fingerprint density at radius 2 is 1.74 bits per heavy atom. The zero-order chi connectivity index (χ0) is 19.2. The fourth-order valence-corrected chi connectivity index (χ4v) is 3.32. The summed E-state index contributed by atoms with van der Waals surface area (Å²) in [6.45, 7) is 3.74. The van der Waals surface area contributed by atoms with Crippen LogP contribution in [0.4, 0.5) is 9.18 Å². The normalized spacial score (nSPS) is 14.7. The Bertz CT molecular complexity index is 799. The molecule has 1 heterocycles. The van der Waals surface area contributed by atoms with Crippen LogP contribution in [-0.4, -0.2) is 42.5 Å². The quantitative estimate of drug-likeness (QED) is 0.868. The summed E-state index contributed by atoms with van der Waals surface area (Å²) in [5, 5.41) is 5.88. The van der Waals surface area contributed by atoms with Crippen LogP contribution in [0.1, 0.15) is 30.1 Å². The van der Waals surface area contributed by atoms with Crippen molar-refractivity contribution < 1.29 is 14.0 Å². The van der Waals surface area contributed by atoms with Crippen LogP contribution in [0, 0.1) is 5.82 Å². The number of amides is 3. The highest BCUT2D eigenvalue weighted by Gasteiger charge is 2.24. The minimum Gasteiger partial charge on any atom is -0.349 e. The molecule has 0 radical (unpaired) electrons. The second-order valence-corrected chi connectivity index (χ2v) is 6.62. The van der Waals surface area contributed by atoms with E-state index in [4.69, 9.17) is 0 Å². The summed E-state index contributed by atoms with van der Waals surface area (Å²) >= 11 is 0. The molecule has 142 valence electrons. The number of halogens is 1. The van der Waals surface area contributed by atoms with E-state index in [1.165, 1.54) is 12.1 Å². The molecule has 0 unspecified atom stereocenters. The van der Waals surface area contributed by atoms with Crippen LogP contribution < -0.4 is 10.6 Å². The Balaban J connectivity index is 1.66. The second-order valence-electron chi connectivity index (χ2n) is 6.62. The third kappa shape index (κ3) is 4.64. The molecule has 1 aliphatic rings. The molecule has 2 aromatic rings. The van der Waals surface area contributed by atoms with Gasteiger partial charge in [0.05, 0.1) is 0 Å². The number of piperidine rings is 1. The largest absolute Gasteiger partial charge is 0.349 e. The topological polar surface area (TPSA) is 61.4 Å². The number of hydrogen-bond donors (Lipinski definition) is 2. The predicted octanol–water partition coefficient (Wildman–Crippen LogP) is 3.42. The first-order valence-electron chi connectivity index (χ1n) is 9.27. The van der Waals surface area contributed by atoms with Crippen molar-refractivity contribution in [1.82, 2.24) is 15.5 Å². The maximum absolute atomic E-state index is 13.2. The molecule has 1 aliphatic heterocycles. The highest BCUT2D eigenvalue weighted by molar-refractivity contribution is 6.01. The van der Waals surface area contributed by atoms with Gasteiger partial charge >= 0.3 is 6.03 Å². The second kappa shape index (κ2) is 8.66. The van der Waals surface area contributed by atoms with Gasteiger partial charge in [-0.3, -0.25) is 4.79 Å². The van der Waals surface area contributed by atoms with Crippen LogP contribution in [0.5, 0.6) is 0 Å². The molecule has 1 saturated heterocycles. The first-order chi connectivity index (χ1) is 13.1. The Hall–Kier alpha value is -2.89. The van der Waals surface area contributed by atoms with Crippen molar-refractivity contribution in [1.29, 1.82) is 0 Å². The van der Waals surface area contributed by atoms with Gasteiger partial charge in [-0.2, -0.15) is 0 Å². The molecule has 3 rings (SSSR count). The summed E-state index contributed by atoms with van der Waals surface area (Å²) < 4.78 is 13.2. The maximum Gasteiger partial charge on any atom is 0.317 e. The highest BCUT2D eigenvalue weighted by Crippen LogP contribution is 2.24. The van der Waals surface area contributed by atoms with E-state index in [0.717, 1.165) is 24.0 Å². The van der Waals surface area contributed by atoms with Gasteiger partial charge in [-0.25, -0.2) is 9.18 Å². The minimum atomic E-state index is -0.306. The summed E-state index contributed by atoms with van der Waals surface area (Å²) in [4.78, 5) is 26.5. The van der Waals surface area contributed by atoms with Crippen molar-refractivity contribution in [3.63, 3.8) is 0 Å². The van der Waals surface area contributed by atoms with Crippen molar-refractivity contribution in [2.24, 2.45) is 0 Å². The number of nitrogens with zero attached hydrogens (tertiary/aromatic N) is 1. The van der Waals surface area contributed by atoms with Crippen molar-refractivity contribution >= 4 is 11.9 Å². The zero-order valence-electron chi connectivity index (χ0n) is 15.4. The van der Waals surface area contributed by atoms with E-state index >= 15 is 0 Å². The lowest BCUT2D eigenvalue weighted by atomic mass is 9.98. The average molecular weight is 369 g/mol. The molecule has 0 atom stereocenters. The van der Waals surface area contributed by atoms with Gasteiger partial charge in [-0.1, -0.05) is 30.3 Å². The summed E-state index contributed by atoms with van der Waals surface area (Å²) in [5.41, 5.74) is 2.14. The number of likely N-dealkylation sites (tertiary alicyclic amines) is 1. The van der Waals surface area contributed by atoms with E-state index in [1.54, 1.807) is 23.1 Å². The Morgan fingerprint density at radius 3 is 2.41 bits per heavy atom. The van der Waals surface area contributed by atoms with Crippen molar-refractivity contribution in [2.45, 2.75) is 25.8 Å². The summed E-state index contributed by atoms with van der Waals surface area (Å²) in [5.74, 6) is -0.453. The predicted molar refractivity (Wildman–Crippen MR) is 103 cm³/mol. The van der Waals surface area contributed by atoms with E-state index in [-0.39, 0.29) is 23.8 Å². The van der Waals surface area contributed by atoms with Crippen LogP contribution >= 0.6 is 0 Å². The van der Waals surface area contributed by atoms with Crippen molar-refractivity contribution in [3.05, 3.63) is 59.9 Å². The third-order valence-corrected chi connectivity index (χ3v) is 4.77. The fourth-order valence-electron chi connectivity index (χ4n) is 3.32. The van der Waals surface area contributed by atoms with Gasteiger partial charge in [-0.05, 0) is 49.1 Å². The molecule has 5 nitrogen and oxygen atoms in total. The number of nitrogens with one attached hydrogen (secondary N) is 2. The van der Waals surface area contributed by atoms with Gasteiger partial charge in [0.25, 0.3) is 5.91 Å². The SMILES string of the molecule is CCNC(=O)N1CCC(NC(=O)c2ccccc2-c2ccc(F)cc2)CC1. The first kappa shape index (κ1) is 18.9. The fraction of sp³-hybridized carbons (Fsp3) is 0.333. The molecule has 0 aromatic heterocycles. The van der Waals surface area contributed by atoms with Gasteiger partial charge in [0.2, 0.25) is 0 Å². The average Bonchev–Trinajstić information content (AvgIpc) is 2.69. The molecule has 1 fully saturated rings. The van der Waals surface area contributed by atoms with Gasteiger partial charge in [0.15, 0.2) is 0 Å². The standard InChI is InChI=1S/C21H24FN3O2/c1-2-23-21(27)25-13-11-17(12-14-25)24-20(26)19-6-4-3-5-18(19)15-7-9-16(22)10-8-15/h3-10,17H,2,11-14H2,1H3,(H,23,27)(H,24,26). The van der Waals surface area contributed by atoms with E-state index in [9.17, 15) is 14.0 Å². The molecule has 27 heavy (non-hydrogen) atoms. The smallest absolute Gasteiger partial charge is 0.317 e. The van der Waals surface area contributed by atoms with Gasteiger partial charge < -0.3 is 15.5 Å². The van der Waals surface area contributed by atoms with E-state index < -0.39 is 0 Å². The molecular formula is C21H24FN3O2. The number of urea groups is 1. The Labute approximate surface area is 158 Å². The van der Waals surface area contributed by atoms with Crippen LogP contribution in [0.2, 0.25) is 0 Å². The lowest BCUT2D eigenvalue weighted by molar-refractivity contribution is 0.0918. The number of carbonyl (C=O) groups excluding carboxylic acids is 2. The lowest BCUT2D eigenvalue weighted by Crippen LogP contribution is -2.49. The zero-order valence-corrected chi connectivity index (χ0v) is 15.4. The van der Waals surface area contributed by atoms with E-state index in [1.807, 2.05) is 25.1 Å². The van der Waals surface area contributed by atoms with Gasteiger partial charge in [0.1, 0.15) is 5.82 Å². The Morgan fingerprint density at radius 1 is 1.07 bits per heavy atom. The van der Waals surface area contributed by atoms with E-state index in [2.05, 4.69) is 10.6 Å². The van der Waals surface area contributed by atoms with Crippen LogP contribution in [0.3, 0.4) is 0 Å². The third-order valence-electron chi connectivity index (χ3n) is 4.77. The molecule has 3 amide bonds. The minimum absolute atomic E-state index is 0.0319. The van der Waals surface area contributed by atoms with Crippen molar-refractivity contribution in [2.75, 3.05) is 19.6 Å². The molecule has 2 aromatic carbocycles. The molecule has 0 spiro atoms. The number of hydrogen-bond acceptors (Lipinski definition) is 2. The first-order valence-corrected chi connectivity index (χ1v) is 9.27. The number of carbonyl (C=O) groups is 2. The van der Waals surface area contributed by atoms with Gasteiger partial charge in [0, 0.05) is 31.2 Å². The molecule has 6 heteroatoms. The van der Waals surface area contributed by atoms with Crippen LogP contribution in [0.15, 0.2) is 48.5 Å². The Kier molecular flexibility index (Phi) is 6.06. The highest BCUT2D eigenvalue weighted by atomic mass is 19.1. The van der Waals surface area contributed by atoms with Crippen LogP contribution in [-0.2, 0) is 0 Å². The van der Waals surface area contributed by atoms with Crippen LogP contribution in [0.25, 0.3) is 11.1 Å². The van der Waals surface area contributed by atoms with E-state index in [0.29, 0.717) is 25.2 Å².